The Morgan fingerprint density at radius 1 is 1.31 bits per heavy atom. The number of nitrogens with one attached hydrogen (secondary N) is 1. The topological polar surface area (TPSA) is 20.7 Å². The third-order valence-electron chi connectivity index (χ3n) is 3.05. The van der Waals surface area contributed by atoms with Gasteiger partial charge in [-0.1, -0.05) is 13.8 Å². The normalized spacial score (nSPS) is 13.6. The number of nitrogens with zero attached hydrogens (tertiary/aromatic N) is 1. The van der Waals surface area contributed by atoms with Gasteiger partial charge in [0.2, 0.25) is 0 Å². The zero-order valence-electron chi connectivity index (χ0n) is 9.62. The summed E-state index contributed by atoms with van der Waals surface area (Å²) in [5, 5.41) is 0. The Bertz CT molecular complexity index is 568. The summed E-state index contributed by atoms with van der Waals surface area (Å²) >= 11 is 5.28. The molecule has 2 rings (SSSR count). The van der Waals surface area contributed by atoms with Crippen LogP contribution < -0.4 is 0 Å². The Morgan fingerprint density at radius 2 is 2.00 bits per heavy atom. The van der Waals surface area contributed by atoms with Gasteiger partial charge >= 0.3 is 0 Å². The molecule has 0 aliphatic carbocycles. The summed E-state index contributed by atoms with van der Waals surface area (Å²) in [5.41, 5.74) is 1.73. The maximum atomic E-state index is 13.2. The third-order valence-corrected chi connectivity index (χ3v) is 3.35. The van der Waals surface area contributed by atoms with Gasteiger partial charge in [0.15, 0.2) is 4.77 Å². The number of H-pyrrole nitrogens is 1. The molecule has 0 saturated heterocycles. The highest BCUT2D eigenvalue weighted by Crippen LogP contribution is 2.24. The third kappa shape index (κ3) is 1.78. The molecular weight excluding hydrogens is 223 g/mol. The van der Waals surface area contributed by atoms with Crippen molar-refractivity contribution in [3.63, 3.8) is 0 Å². The van der Waals surface area contributed by atoms with Gasteiger partial charge in [0.05, 0.1) is 11.0 Å². The van der Waals surface area contributed by atoms with Gasteiger partial charge in [0.25, 0.3) is 0 Å². The quantitative estimate of drug-likeness (QED) is 0.783. The Hall–Kier alpha value is -1.16. The van der Waals surface area contributed by atoms with E-state index >= 15 is 0 Å². The van der Waals surface area contributed by atoms with E-state index < -0.39 is 0 Å². The predicted octanol–water partition coefficient (Wildman–Crippen LogP) is 4.05. The lowest BCUT2D eigenvalue weighted by Gasteiger charge is -2.18. The van der Waals surface area contributed by atoms with Crippen molar-refractivity contribution in [1.29, 1.82) is 0 Å². The molecule has 1 atom stereocenters. The summed E-state index contributed by atoms with van der Waals surface area (Å²) in [7, 11) is 0. The molecule has 0 spiro atoms. The van der Waals surface area contributed by atoms with Crippen LogP contribution in [0.25, 0.3) is 11.0 Å². The van der Waals surface area contributed by atoms with Crippen LogP contribution in [-0.4, -0.2) is 9.55 Å². The average Bonchev–Trinajstić information content (AvgIpc) is 2.52. The zero-order valence-corrected chi connectivity index (χ0v) is 10.4. The summed E-state index contributed by atoms with van der Waals surface area (Å²) < 4.78 is 15.9. The minimum absolute atomic E-state index is 0.230. The molecule has 0 aliphatic rings. The lowest BCUT2D eigenvalue weighted by molar-refractivity contribution is 0.413. The second kappa shape index (κ2) is 4.01. The number of hydrogen-bond donors (Lipinski definition) is 1. The van der Waals surface area contributed by atoms with Crippen molar-refractivity contribution >= 4 is 23.3 Å². The summed E-state index contributed by atoms with van der Waals surface area (Å²) in [6.07, 6.45) is 0. The van der Waals surface area contributed by atoms with Crippen molar-refractivity contribution in [3.8, 4) is 0 Å². The van der Waals surface area contributed by atoms with E-state index in [0.29, 0.717) is 10.7 Å². The lowest BCUT2D eigenvalue weighted by atomic mass is 10.1. The molecule has 1 heterocycles. The van der Waals surface area contributed by atoms with Crippen LogP contribution >= 0.6 is 12.2 Å². The molecule has 1 aromatic heterocycles. The highest BCUT2D eigenvalue weighted by Gasteiger charge is 2.14. The molecule has 0 amide bonds. The molecule has 2 nitrogen and oxygen atoms in total. The maximum Gasteiger partial charge on any atom is 0.178 e. The molecule has 16 heavy (non-hydrogen) atoms. The van der Waals surface area contributed by atoms with E-state index in [1.54, 1.807) is 6.07 Å². The van der Waals surface area contributed by atoms with Crippen molar-refractivity contribution in [3.05, 3.63) is 28.8 Å². The van der Waals surface area contributed by atoms with Crippen LogP contribution in [0.2, 0.25) is 0 Å². The average molecular weight is 238 g/mol. The molecule has 0 fully saturated rings. The first-order chi connectivity index (χ1) is 7.50. The van der Waals surface area contributed by atoms with Crippen LogP contribution in [0.1, 0.15) is 26.8 Å². The number of halogens is 1. The van der Waals surface area contributed by atoms with Crippen LogP contribution in [0.3, 0.4) is 0 Å². The van der Waals surface area contributed by atoms with Crippen LogP contribution in [0, 0.1) is 16.5 Å². The van der Waals surface area contributed by atoms with Crippen LogP contribution in [0.5, 0.6) is 0 Å². The van der Waals surface area contributed by atoms with E-state index in [9.17, 15) is 4.39 Å². The van der Waals surface area contributed by atoms with Crippen molar-refractivity contribution in [2.24, 2.45) is 5.92 Å². The molecule has 1 unspecified atom stereocenters. The molecule has 0 radical (unpaired) electrons. The first-order valence-corrected chi connectivity index (χ1v) is 5.81. The number of aromatic amines is 1. The second-order valence-corrected chi connectivity index (χ2v) is 4.83. The molecular formula is C12H15FN2S. The van der Waals surface area contributed by atoms with Crippen LogP contribution in [-0.2, 0) is 0 Å². The fraction of sp³-hybridized carbons (Fsp3) is 0.417. The molecule has 1 aromatic carbocycles. The standard InChI is InChI=1S/C12H15FN2S/c1-7(2)8(3)15-11-6-9(13)4-5-10(11)14-12(15)16/h4-8H,1-3H3,(H,14,16). The number of imidazole rings is 1. The number of rotatable bonds is 2. The van der Waals surface area contributed by atoms with Gasteiger partial charge in [0.1, 0.15) is 5.82 Å². The molecule has 2 aromatic rings. The van der Waals surface area contributed by atoms with Gasteiger partial charge in [-0.25, -0.2) is 4.39 Å². The van der Waals surface area contributed by atoms with Gasteiger partial charge in [-0.3, -0.25) is 0 Å². The highest BCUT2D eigenvalue weighted by molar-refractivity contribution is 7.71. The first kappa shape index (κ1) is 11.3. The van der Waals surface area contributed by atoms with Crippen LogP contribution in [0.15, 0.2) is 18.2 Å². The molecule has 0 bridgehead atoms. The summed E-state index contributed by atoms with van der Waals surface area (Å²) in [4.78, 5) is 3.10. The van der Waals surface area contributed by atoms with Crippen molar-refractivity contribution in [2.75, 3.05) is 0 Å². The maximum absolute atomic E-state index is 13.2. The SMILES string of the molecule is CC(C)C(C)n1c(=S)[nH]c2ccc(F)cc21. The minimum atomic E-state index is -0.230. The Labute approximate surface area is 99.1 Å². The number of hydrogen-bond acceptors (Lipinski definition) is 1. The van der Waals surface area contributed by atoms with E-state index in [1.807, 2.05) is 4.57 Å². The van der Waals surface area contributed by atoms with Crippen molar-refractivity contribution < 1.29 is 4.39 Å². The van der Waals surface area contributed by atoms with E-state index in [4.69, 9.17) is 12.2 Å². The zero-order chi connectivity index (χ0) is 11.9. The fourth-order valence-corrected chi connectivity index (χ4v) is 2.17. The number of benzene rings is 1. The molecule has 4 heteroatoms. The Balaban J connectivity index is 2.72. The lowest BCUT2D eigenvalue weighted by Crippen LogP contribution is -2.11. The number of aromatic nitrogens is 2. The summed E-state index contributed by atoms with van der Waals surface area (Å²) in [6.45, 7) is 6.35. The largest absolute Gasteiger partial charge is 0.331 e. The van der Waals surface area contributed by atoms with Gasteiger partial charge < -0.3 is 9.55 Å². The van der Waals surface area contributed by atoms with Crippen molar-refractivity contribution in [2.45, 2.75) is 26.8 Å². The minimum Gasteiger partial charge on any atom is -0.331 e. The highest BCUT2D eigenvalue weighted by atomic mass is 32.1. The van der Waals surface area contributed by atoms with Gasteiger partial charge in [-0.05, 0) is 43.3 Å². The first-order valence-electron chi connectivity index (χ1n) is 5.40. The van der Waals surface area contributed by atoms with E-state index in [1.165, 1.54) is 12.1 Å². The molecule has 86 valence electrons. The van der Waals surface area contributed by atoms with Gasteiger partial charge in [-0.2, -0.15) is 0 Å². The fourth-order valence-electron chi connectivity index (χ4n) is 1.80. The van der Waals surface area contributed by atoms with E-state index in [0.717, 1.165) is 11.0 Å². The molecule has 1 N–H and O–H groups in total. The van der Waals surface area contributed by atoms with Crippen molar-refractivity contribution in [1.82, 2.24) is 9.55 Å². The molecule has 0 aliphatic heterocycles. The molecule has 0 saturated carbocycles. The smallest absolute Gasteiger partial charge is 0.178 e. The summed E-state index contributed by atoms with van der Waals surface area (Å²) in [6, 6.07) is 4.95. The Morgan fingerprint density at radius 3 is 2.62 bits per heavy atom. The Kier molecular flexibility index (Phi) is 2.84. The second-order valence-electron chi connectivity index (χ2n) is 4.45. The van der Waals surface area contributed by atoms with Gasteiger partial charge in [0, 0.05) is 6.04 Å². The van der Waals surface area contributed by atoms with Crippen LogP contribution in [0.4, 0.5) is 4.39 Å². The van der Waals surface area contributed by atoms with Gasteiger partial charge in [-0.15, -0.1) is 0 Å². The number of fused-ring (bicyclic) bond motifs is 1. The van der Waals surface area contributed by atoms with E-state index in [-0.39, 0.29) is 11.9 Å². The summed E-state index contributed by atoms with van der Waals surface area (Å²) in [5.74, 6) is 0.222. The monoisotopic (exact) mass is 238 g/mol. The predicted molar refractivity (Wildman–Crippen MR) is 66.6 cm³/mol. The van der Waals surface area contributed by atoms with E-state index in [2.05, 4.69) is 25.8 Å².